The molecule has 0 spiro atoms. The van der Waals surface area contributed by atoms with E-state index in [9.17, 15) is 0 Å². The lowest BCUT2D eigenvalue weighted by molar-refractivity contribution is -0.870. The van der Waals surface area contributed by atoms with Crippen molar-refractivity contribution in [2.24, 2.45) is 16.5 Å². The van der Waals surface area contributed by atoms with E-state index in [0.717, 1.165) is 17.4 Å². The molecule has 4 heteroatoms. The van der Waals surface area contributed by atoms with Gasteiger partial charge in [-0.05, 0) is 19.3 Å². The molecule has 0 amide bonds. The van der Waals surface area contributed by atoms with E-state index in [1.165, 1.54) is 19.4 Å². The Bertz CT molecular complexity index is 153. The first-order chi connectivity index (χ1) is 5.92. The van der Waals surface area contributed by atoms with Crippen molar-refractivity contribution >= 4 is 5.96 Å². The van der Waals surface area contributed by atoms with Crippen LogP contribution in [0.5, 0.6) is 0 Å². The van der Waals surface area contributed by atoms with E-state index in [2.05, 4.69) is 26.1 Å². The summed E-state index contributed by atoms with van der Waals surface area (Å²) in [6.45, 7) is 1.97. The first-order valence-corrected chi connectivity index (χ1v) is 4.78. The summed E-state index contributed by atoms with van der Waals surface area (Å²) in [5.41, 5.74) is 10.4. The maximum atomic E-state index is 5.20. The summed E-state index contributed by atoms with van der Waals surface area (Å²) < 4.78 is 1.03. The van der Waals surface area contributed by atoms with Crippen molar-refractivity contribution in [1.29, 1.82) is 0 Å². The third-order valence-corrected chi connectivity index (χ3v) is 1.78. The van der Waals surface area contributed by atoms with Crippen LogP contribution >= 0.6 is 0 Å². The van der Waals surface area contributed by atoms with E-state index in [1.807, 2.05) is 0 Å². The first kappa shape index (κ1) is 12.2. The van der Waals surface area contributed by atoms with Crippen molar-refractivity contribution in [3.63, 3.8) is 0 Å². The fraction of sp³-hybridized carbons (Fsp3) is 0.889. The van der Waals surface area contributed by atoms with Crippen LogP contribution in [0.2, 0.25) is 0 Å². The van der Waals surface area contributed by atoms with Gasteiger partial charge in [0.05, 0.1) is 27.7 Å². The smallest absolute Gasteiger partial charge is 0.185 e. The molecule has 0 radical (unpaired) electrons. The van der Waals surface area contributed by atoms with E-state index >= 15 is 0 Å². The predicted octanol–water partition coefficient (Wildman–Crippen LogP) is 0.136. The normalized spacial score (nSPS) is 11.3. The van der Waals surface area contributed by atoms with Crippen molar-refractivity contribution < 1.29 is 4.48 Å². The predicted molar refractivity (Wildman–Crippen MR) is 57.4 cm³/mol. The Morgan fingerprint density at radius 2 is 1.69 bits per heavy atom. The highest BCUT2D eigenvalue weighted by atomic mass is 15.3. The number of nitrogens with two attached hydrogens (primary N) is 2. The quantitative estimate of drug-likeness (QED) is 0.269. The van der Waals surface area contributed by atoms with E-state index in [4.69, 9.17) is 11.5 Å². The Morgan fingerprint density at radius 3 is 2.15 bits per heavy atom. The van der Waals surface area contributed by atoms with Crippen LogP contribution in [0.15, 0.2) is 4.99 Å². The standard InChI is InChI=1S/C9H23N4/c1-13(2,3)8-6-4-5-7-12-9(10)11/h4-8H2,1-3H3,(H4,10,11,12)/q+1. The molecule has 4 N–H and O–H groups in total. The molecule has 0 aromatic rings. The van der Waals surface area contributed by atoms with Crippen molar-refractivity contribution in [3.8, 4) is 0 Å². The lowest BCUT2D eigenvalue weighted by Gasteiger charge is -2.23. The highest BCUT2D eigenvalue weighted by Crippen LogP contribution is 2.00. The van der Waals surface area contributed by atoms with Crippen molar-refractivity contribution in [2.75, 3.05) is 34.2 Å². The molecule has 13 heavy (non-hydrogen) atoms. The summed E-state index contributed by atoms with van der Waals surface area (Å²) in [7, 11) is 6.61. The Balaban J connectivity index is 3.23. The fourth-order valence-electron chi connectivity index (χ4n) is 1.08. The van der Waals surface area contributed by atoms with Gasteiger partial charge in [-0.2, -0.15) is 0 Å². The van der Waals surface area contributed by atoms with Gasteiger partial charge in [0.15, 0.2) is 5.96 Å². The van der Waals surface area contributed by atoms with Gasteiger partial charge in [0, 0.05) is 6.54 Å². The highest BCUT2D eigenvalue weighted by molar-refractivity contribution is 5.75. The number of hydrogen-bond donors (Lipinski definition) is 2. The molecule has 0 bridgehead atoms. The largest absolute Gasteiger partial charge is 0.370 e. The zero-order chi connectivity index (χ0) is 10.3. The van der Waals surface area contributed by atoms with E-state index in [-0.39, 0.29) is 5.96 Å². The van der Waals surface area contributed by atoms with Crippen LogP contribution in [0.3, 0.4) is 0 Å². The van der Waals surface area contributed by atoms with Crippen molar-refractivity contribution in [3.05, 3.63) is 0 Å². The highest BCUT2D eigenvalue weighted by Gasteiger charge is 2.04. The van der Waals surface area contributed by atoms with Crippen LogP contribution in [-0.4, -0.2) is 44.7 Å². The van der Waals surface area contributed by atoms with E-state index in [0.29, 0.717) is 0 Å². The van der Waals surface area contributed by atoms with Gasteiger partial charge < -0.3 is 16.0 Å². The van der Waals surface area contributed by atoms with E-state index < -0.39 is 0 Å². The van der Waals surface area contributed by atoms with Crippen LogP contribution in [0.1, 0.15) is 19.3 Å². The summed E-state index contributed by atoms with van der Waals surface area (Å²) in [5.74, 6) is 0.201. The number of rotatable bonds is 6. The molecule has 0 aliphatic rings. The molecule has 0 aliphatic heterocycles. The monoisotopic (exact) mass is 187 g/mol. The van der Waals surface area contributed by atoms with Crippen LogP contribution in [0.25, 0.3) is 0 Å². The molecule has 0 fully saturated rings. The number of hydrogen-bond acceptors (Lipinski definition) is 1. The maximum absolute atomic E-state index is 5.20. The zero-order valence-electron chi connectivity index (χ0n) is 9.08. The summed E-state index contributed by atoms with van der Waals surface area (Å²) in [5, 5.41) is 0. The molecule has 0 atom stereocenters. The lowest BCUT2D eigenvalue weighted by atomic mass is 10.2. The number of guanidine groups is 1. The SMILES string of the molecule is C[N+](C)(C)CCCCCN=C(N)N. The molecule has 0 aliphatic carbocycles. The molecular weight excluding hydrogens is 164 g/mol. The molecule has 0 rings (SSSR count). The summed E-state index contributed by atoms with van der Waals surface area (Å²) in [6.07, 6.45) is 3.52. The van der Waals surface area contributed by atoms with Crippen molar-refractivity contribution in [2.45, 2.75) is 19.3 Å². The van der Waals surface area contributed by atoms with Gasteiger partial charge in [0.2, 0.25) is 0 Å². The zero-order valence-corrected chi connectivity index (χ0v) is 9.08. The molecule has 0 saturated heterocycles. The van der Waals surface area contributed by atoms with Crippen LogP contribution in [0, 0.1) is 0 Å². The molecule has 0 unspecified atom stereocenters. The molecular formula is C9H23N4+. The molecule has 78 valence electrons. The third-order valence-electron chi connectivity index (χ3n) is 1.78. The van der Waals surface area contributed by atoms with Gasteiger partial charge in [-0.1, -0.05) is 0 Å². The Kier molecular flexibility index (Phi) is 5.46. The molecule has 4 nitrogen and oxygen atoms in total. The molecule has 0 heterocycles. The third kappa shape index (κ3) is 11.2. The van der Waals surface area contributed by atoms with Crippen LogP contribution < -0.4 is 11.5 Å². The van der Waals surface area contributed by atoms with Gasteiger partial charge in [0.25, 0.3) is 0 Å². The number of quaternary nitrogens is 1. The van der Waals surface area contributed by atoms with Gasteiger partial charge >= 0.3 is 0 Å². The van der Waals surface area contributed by atoms with Gasteiger partial charge in [-0.25, -0.2) is 0 Å². The maximum Gasteiger partial charge on any atom is 0.185 e. The van der Waals surface area contributed by atoms with Crippen LogP contribution in [0.4, 0.5) is 0 Å². The first-order valence-electron chi connectivity index (χ1n) is 4.78. The molecule has 0 saturated carbocycles. The average Bonchev–Trinajstić information content (AvgIpc) is 1.93. The Hall–Kier alpha value is -0.770. The minimum Gasteiger partial charge on any atom is -0.370 e. The second kappa shape index (κ2) is 5.80. The number of aliphatic imine (C=N–C) groups is 1. The van der Waals surface area contributed by atoms with Crippen molar-refractivity contribution in [1.82, 2.24) is 0 Å². The summed E-state index contributed by atoms with van der Waals surface area (Å²) in [4.78, 5) is 3.93. The molecule has 0 aromatic heterocycles. The molecule has 0 aromatic carbocycles. The van der Waals surface area contributed by atoms with Gasteiger partial charge in [0.1, 0.15) is 0 Å². The second-order valence-corrected chi connectivity index (χ2v) is 4.38. The summed E-state index contributed by atoms with van der Waals surface area (Å²) >= 11 is 0. The van der Waals surface area contributed by atoms with Crippen LogP contribution in [-0.2, 0) is 0 Å². The van der Waals surface area contributed by atoms with Gasteiger partial charge in [-0.15, -0.1) is 0 Å². The topological polar surface area (TPSA) is 64.4 Å². The number of nitrogens with zero attached hydrogens (tertiary/aromatic N) is 2. The number of unbranched alkanes of at least 4 members (excludes halogenated alkanes) is 2. The average molecular weight is 187 g/mol. The second-order valence-electron chi connectivity index (χ2n) is 4.38. The Morgan fingerprint density at radius 1 is 1.08 bits per heavy atom. The fourth-order valence-corrected chi connectivity index (χ4v) is 1.08. The van der Waals surface area contributed by atoms with E-state index in [1.54, 1.807) is 0 Å². The van der Waals surface area contributed by atoms with Gasteiger partial charge in [-0.3, -0.25) is 4.99 Å². The Labute approximate surface area is 81.2 Å². The summed E-state index contributed by atoms with van der Waals surface area (Å²) in [6, 6.07) is 0. The lowest BCUT2D eigenvalue weighted by Crippen LogP contribution is -2.35. The minimum atomic E-state index is 0.201. The minimum absolute atomic E-state index is 0.201.